The quantitative estimate of drug-likeness (QED) is 0.911. The summed E-state index contributed by atoms with van der Waals surface area (Å²) in [6.07, 6.45) is 3.48. The second-order valence-corrected chi connectivity index (χ2v) is 6.63. The van der Waals surface area contributed by atoms with E-state index in [4.69, 9.17) is 0 Å². The van der Waals surface area contributed by atoms with E-state index in [0.717, 1.165) is 29.6 Å². The molecule has 2 aromatic rings. The molecular weight excluding hydrogens is 287 g/mol. The van der Waals surface area contributed by atoms with E-state index in [9.17, 15) is 9.18 Å². The van der Waals surface area contributed by atoms with Gasteiger partial charge in [0.25, 0.3) is 5.91 Å². The van der Waals surface area contributed by atoms with E-state index in [1.165, 1.54) is 36.3 Å². The van der Waals surface area contributed by atoms with Crippen LogP contribution >= 0.6 is 11.3 Å². The van der Waals surface area contributed by atoms with Gasteiger partial charge < -0.3 is 10.6 Å². The first kappa shape index (κ1) is 14.5. The zero-order valence-corrected chi connectivity index (χ0v) is 12.6. The first-order valence-corrected chi connectivity index (χ1v) is 8.22. The van der Waals surface area contributed by atoms with Crippen LogP contribution in [0.5, 0.6) is 0 Å². The van der Waals surface area contributed by atoms with Gasteiger partial charge in [-0.3, -0.25) is 4.79 Å². The van der Waals surface area contributed by atoms with Crippen LogP contribution in [-0.4, -0.2) is 25.5 Å². The van der Waals surface area contributed by atoms with Crippen LogP contribution in [0.3, 0.4) is 0 Å². The lowest BCUT2D eigenvalue weighted by atomic mass is 9.96. The average molecular weight is 306 g/mol. The number of halogens is 1. The molecule has 1 aliphatic heterocycles. The first-order valence-electron chi connectivity index (χ1n) is 7.40. The van der Waals surface area contributed by atoms with Crippen LogP contribution in [0.2, 0.25) is 0 Å². The van der Waals surface area contributed by atoms with Gasteiger partial charge in [0, 0.05) is 11.2 Å². The maximum atomic E-state index is 13.2. The molecule has 0 aliphatic carbocycles. The summed E-state index contributed by atoms with van der Waals surface area (Å²) in [7, 11) is 0. The lowest BCUT2D eigenvalue weighted by molar-refractivity contribution is 0.0955. The Hall–Kier alpha value is -1.46. The summed E-state index contributed by atoms with van der Waals surface area (Å²) in [6.45, 7) is 2.87. The monoisotopic (exact) mass is 306 g/mol. The SMILES string of the molecule is O=C(NCCC1CCCNC1)c1cc2cc(F)ccc2s1. The molecule has 1 amide bonds. The highest BCUT2D eigenvalue weighted by Crippen LogP contribution is 2.26. The number of amides is 1. The molecule has 1 saturated heterocycles. The van der Waals surface area contributed by atoms with Crippen molar-refractivity contribution in [1.82, 2.24) is 10.6 Å². The summed E-state index contributed by atoms with van der Waals surface area (Å²) in [5, 5.41) is 7.15. The molecule has 0 bridgehead atoms. The first-order chi connectivity index (χ1) is 10.2. The lowest BCUT2D eigenvalue weighted by Gasteiger charge is -2.22. The van der Waals surface area contributed by atoms with Crippen molar-refractivity contribution in [2.75, 3.05) is 19.6 Å². The summed E-state index contributed by atoms with van der Waals surface area (Å²) in [5.41, 5.74) is 0. The lowest BCUT2D eigenvalue weighted by Crippen LogP contribution is -2.33. The number of carbonyl (C=O) groups is 1. The second kappa shape index (κ2) is 6.54. The summed E-state index contributed by atoms with van der Waals surface area (Å²) in [4.78, 5) is 12.8. The number of fused-ring (bicyclic) bond motifs is 1. The number of hydrogen-bond acceptors (Lipinski definition) is 3. The Morgan fingerprint density at radius 1 is 1.43 bits per heavy atom. The molecule has 2 heterocycles. The minimum atomic E-state index is -0.267. The van der Waals surface area contributed by atoms with Crippen LogP contribution in [0.25, 0.3) is 10.1 Å². The molecule has 5 heteroatoms. The largest absolute Gasteiger partial charge is 0.351 e. The summed E-state index contributed by atoms with van der Waals surface area (Å²) in [5.74, 6) is 0.341. The van der Waals surface area contributed by atoms with Crippen LogP contribution in [-0.2, 0) is 0 Å². The molecule has 1 atom stereocenters. The fourth-order valence-electron chi connectivity index (χ4n) is 2.77. The number of thiophene rings is 1. The molecule has 2 N–H and O–H groups in total. The summed E-state index contributed by atoms with van der Waals surface area (Å²) >= 11 is 1.41. The summed E-state index contributed by atoms with van der Waals surface area (Å²) in [6, 6.07) is 6.38. The van der Waals surface area contributed by atoms with Gasteiger partial charge in [-0.2, -0.15) is 0 Å². The van der Waals surface area contributed by atoms with Crippen molar-refractivity contribution >= 4 is 27.3 Å². The van der Waals surface area contributed by atoms with Gasteiger partial charge >= 0.3 is 0 Å². The standard InChI is InChI=1S/C16H19FN2OS/c17-13-3-4-14-12(8-13)9-15(21-14)16(20)19-7-5-11-2-1-6-18-10-11/h3-4,8-9,11,18H,1-2,5-7,10H2,(H,19,20). The minimum Gasteiger partial charge on any atom is -0.351 e. The number of nitrogens with one attached hydrogen (secondary N) is 2. The Morgan fingerprint density at radius 3 is 3.14 bits per heavy atom. The molecular formula is C16H19FN2OS. The maximum Gasteiger partial charge on any atom is 0.261 e. The predicted molar refractivity (Wildman–Crippen MR) is 84.3 cm³/mol. The van der Waals surface area contributed by atoms with Gasteiger partial charge in [-0.15, -0.1) is 11.3 Å². The third kappa shape index (κ3) is 3.60. The highest BCUT2D eigenvalue weighted by Gasteiger charge is 2.14. The molecule has 1 aromatic carbocycles. The van der Waals surface area contributed by atoms with E-state index >= 15 is 0 Å². The van der Waals surface area contributed by atoms with Crippen LogP contribution in [0, 0.1) is 11.7 Å². The van der Waals surface area contributed by atoms with Gasteiger partial charge in [0.05, 0.1) is 4.88 Å². The van der Waals surface area contributed by atoms with E-state index in [0.29, 0.717) is 17.3 Å². The van der Waals surface area contributed by atoms with Crippen molar-refractivity contribution in [1.29, 1.82) is 0 Å². The molecule has 1 aromatic heterocycles. The van der Waals surface area contributed by atoms with E-state index < -0.39 is 0 Å². The third-order valence-electron chi connectivity index (χ3n) is 3.94. The predicted octanol–water partition coefficient (Wildman–Crippen LogP) is 3.16. The Kier molecular flexibility index (Phi) is 4.51. The number of hydrogen-bond donors (Lipinski definition) is 2. The van der Waals surface area contributed by atoms with E-state index in [-0.39, 0.29) is 11.7 Å². The van der Waals surface area contributed by atoms with Crippen LogP contribution < -0.4 is 10.6 Å². The molecule has 1 unspecified atom stereocenters. The topological polar surface area (TPSA) is 41.1 Å². The van der Waals surface area contributed by atoms with Crippen LogP contribution in [0.1, 0.15) is 28.9 Å². The molecule has 0 radical (unpaired) electrons. The fraction of sp³-hybridized carbons (Fsp3) is 0.438. The van der Waals surface area contributed by atoms with Crippen LogP contribution in [0.4, 0.5) is 4.39 Å². The normalized spacial score (nSPS) is 18.8. The molecule has 3 rings (SSSR count). The highest BCUT2D eigenvalue weighted by atomic mass is 32.1. The third-order valence-corrected chi connectivity index (χ3v) is 5.05. The smallest absolute Gasteiger partial charge is 0.261 e. The van der Waals surface area contributed by atoms with Gasteiger partial charge in [-0.1, -0.05) is 0 Å². The van der Waals surface area contributed by atoms with Gasteiger partial charge in [0.2, 0.25) is 0 Å². The Balaban J connectivity index is 1.56. The molecule has 0 spiro atoms. The van der Waals surface area contributed by atoms with Crippen molar-refractivity contribution < 1.29 is 9.18 Å². The average Bonchev–Trinajstić information content (AvgIpc) is 2.91. The van der Waals surface area contributed by atoms with Gasteiger partial charge in [0.15, 0.2) is 0 Å². The molecule has 3 nitrogen and oxygen atoms in total. The molecule has 0 saturated carbocycles. The van der Waals surface area contributed by atoms with Gasteiger partial charge in [-0.25, -0.2) is 4.39 Å². The van der Waals surface area contributed by atoms with E-state index in [2.05, 4.69) is 10.6 Å². The zero-order chi connectivity index (χ0) is 14.7. The second-order valence-electron chi connectivity index (χ2n) is 5.55. The number of benzene rings is 1. The summed E-state index contributed by atoms with van der Waals surface area (Å²) < 4.78 is 14.1. The number of piperidine rings is 1. The van der Waals surface area contributed by atoms with E-state index in [1.54, 1.807) is 12.1 Å². The van der Waals surface area contributed by atoms with Crippen LogP contribution in [0.15, 0.2) is 24.3 Å². The Bertz CT molecular complexity index is 634. The maximum absolute atomic E-state index is 13.2. The van der Waals surface area contributed by atoms with Crippen molar-refractivity contribution in [3.63, 3.8) is 0 Å². The van der Waals surface area contributed by atoms with Crippen molar-refractivity contribution in [2.24, 2.45) is 5.92 Å². The van der Waals surface area contributed by atoms with Crippen molar-refractivity contribution in [3.8, 4) is 0 Å². The van der Waals surface area contributed by atoms with Gasteiger partial charge in [0.1, 0.15) is 5.82 Å². The molecule has 1 fully saturated rings. The Morgan fingerprint density at radius 2 is 2.33 bits per heavy atom. The van der Waals surface area contributed by atoms with Crippen molar-refractivity contribution in [2.45, 2.75) is 19.3 Å². The zero-order valence-electron chi connectivity index (χ0n) is 11.8. The van der Waals surface area contributed by atoms with E-state index in [1.807, 2.05) is 0 Å². The number of carbonyl (C=O) groups excluding carboxylic acids is 1. The molecule has 1 aliphatic rings. The van der Waals surface area contributed by atoms with Crippen molar-refractivity contribution in [3.05, 3.63) is 35.0 Å². The molecule has 21 heavy (non-hydrogen) atoms. The van der Waals surface area contributed by atoms with Gasteiger partial charge in [-0.05, 0) is 67.9 Å². The minimum absolute atomic E-state index is 0.0552. The molecule has 112 valence electrons. The Labute approximate surface area is 127 Å². The fourth-order valence-corrected chi connectivity index (χ4v) is 3.73. The highest BCUT2D eigenvalue weighted by molar-refractivity contribution is 7.20. The number of rotatable bonds is 4.